The molecule has 1 atom stereocenters. The quantitative estimate of drug-likeness (QED) is 0.639. The molecule has 0 aromatic heterocycles. The van der Waals surface area contributed by atoms with Crippen LogP contribution in [-0.2, 0) is 0 Å². The second kappa shape index (κ2) is 5.20. The van der Waals surface area contributed by atoms with E-state index in [4.69, 9.17) is 4.74 Å². The van der Waals surface area contributed by atoms with E-state index in [9.17, 15) is 15.2 Å². The maximum atomic E-state index is 10.7. The van der Waals surface area contributed by atoms with E-state index in [0.29, 0.717) is 0 Å². The molecule has 1 heterocycles. The highest BCUT2D eigenvalue weighted by Gasteiger charge is 2.25. The van der Waals surface area contributed by atoms with E-state index >= 15 is 0 Å². The largest absolute Gasteiger partial charge is 0.500 e. The van der Waals surface area contributed by atoms with Crippen molar-refractivity contribution in [2.45, 2.75) is 12.5 Å². The van der Waals surface area contributed by atoms with Gasteiger partial charge < -0.3 is 15.2 Å². The van der Waals surface area contributed by atoms with Gasteiger partial charge in [0.1, 0.15) is 0 Å². The van der Waals surface area contributed by atoms with Gasteiger partial charge in [0.15, 0.2) is 5.75 Å². The lowest BCUT2D eigenvalue weighted by Crippen LogP contribution is -2.34. The lowest BCUT2D eigenvalue weighted by atomic mass is 9.97. The molecule has 0 amide bonds. The van der Waals surface area contributed by atoms with E-state index in [0.717, 1.165) is 18.5 Å². The summed E-state index contributed by atoms with van der Waals surface area (Å²) in [6, 6.07) is 3.13. The van der Waals surface area contributed by atoms with Crippen LogP contribution >= 0.6 is 12.4 Å². The second-order valence-electron chi connectivity index (χ2n) is 3.64. The highest BCUT2D eigenvalue weighted by Crippen LogP contribution is 2.39. The number of rotatable bonds is 3. The van der Waals surface area contributed by atoms with E-state index < -0.39 is 10.7 Å². The minimum atomic E-state index is -0.611. The zero-order valence-electron chi connectivity index (χ0n) is 9.17. The van der Waals surface area contributed by atoms with Gasteiger partial charge in [-0.05, 0) is 24.6 Å². The van der Waals surface area contributed by atoms with Crippen molar-refractivity contribution in [2.24, 2.45) is 0 Å². The molecular formula is C10H13ClN2O4. The number of benzene rings is 1. The van der Waals surface area contributed by atoms with Crippen molar-refractivity contribution in [3.63, 3.8) is 0 Å². The summed E-state index contributed by atoms with van der Waals surface area (Å²) in [6.07, 6.45) is 0.936. The molecule has 2 N–H and O–H groups in total. The molecule has 17 heavy (non-hydrogen) atoms. The minimum Gasteiger partial charge on any atom is -0.500 e. The van der Waals surface area contributed by atoms with Crippen LogP contribution in [0.1, 0.15) is 18.0 Å². The molecule has 1 aliphatic heterocycles. The molecule has 1 aliphatic rings. The number of phenols is 1. The predicted octanol–water partition coefficient (Wildman–Crippen LogP) is 1.77. The van der Waals surface area contributed by atoms with Crippen molar-refractivity contribution in [1.29, 1.82) is 0 Å². The lowest BCUT2D eigenvalue weighted by Gasteiger charge is -2.28. The zero-order valence-corrected chi connectivity index (χ0v) is 9.99. The van der Waals surface area contributed by atoms with E-state index in [-0.39, 0.29) is 29.9 Å². The van der Waals surface area contributed by atoms with Crippen molar-refractivity contribution in [1.82, 2.24) is 5.32 Å². The number of nitrogens with zero attached hydrogens (tertiary/aromatic N) is 1. The third kappa shape index (κ3) is 2.42. The standard InChI is InChI=1S/C10H12N2O4.ClH/c1-16-9-5-6(7-2-3-11-7)4-8(10(9)13)12(14)15;/h4-5,7,11,13H,2-3H2,1H3;1H/t7-;/m0./s1. The molecule has 1 saturated heterocycles. The average molecular weight is 261 g/mol. The first kappa shape index (κ1) is 13.5. The van der Waals surface area contributed by atoms with Crippen LogP contribution < -0.4 is 10.1 Å². The molecule has 2 rings (SSSR count). The second-order valence-corrected chi connectivity index (χ2v) is 3.64. The van der Waals surface area contributed by atoms with Gasteiger partial charge in [-0.1, -0.05) is 0 Å². The van der Waals surface area contributed by atoms with Crippen molar-refractivity contribution < 1.29 is 14.8 Å². The highest BCUT2D eigenvalue weighted by atomic mass is 35.5. The van der Waals surface area contributed by atoms with Crippen molar-refractivity contribution >= 4 is 18.1 Å². The fourth-order valence-corrected chi connectivity index (χ4v) is 1.68. The molecule has 7 heteroatoms. The molecule has 0 spiro atoms. The molecule has 1 aromatic carbocycles. The minimum absolute atomic E-state index is 0. The van der Waals surface area contributed by atoms with Gasteiger partial charge in [0.2, 0.25) is 5.75 Å². The summed E-state index contributed by atoms with van der Waals surface area (Å²) in [4.78, 5) is 10.1. The van der Waals surface area contributed by atoms with E-state index in [1.165, 1.54) is 13.2 Å². The Morgan fingerprint density at radius 1 is 1.59 bits per heavy atom. The Bertz CT molecular complexity index is 435. The molecule has 1 fully saturated rings. The van der Waals surface area contributed by atoms with Gasteiger partial charge in [0.05, 0.1) is 12.0 Å². The maximum Gasteiger partial charge on any atom is 0.314 e. The summed E-state index contributed by atoms with van der Waals surface area (Å²) in [5, 5.41) is 23.4. The van der Waals surface area contributed by atoms with Gasteiger partial charge in [-0.2, -0.15) is 0 Å². The highest BCUT2D eigenvalue weighted by molar-refractivity contribution is 5.85. The van der Waals surface area contributed by atoms with Gasteiger partial charge in [-0.15, -0.1) is 12.4 Å². The fourth-order valence-electron chi connectivity index (χ4n) is 1.68. The van der Waals surface area contributed by atoms with E-state index in [1.54, 1.807) is 6.07 Å². The maximum absolute atomic E-state index is 10.7. The normalized spacial score (nSPS) is 17.8. The first-order valence-electron chi connectivity index (χ1n) is 4.92. The monoisotopic (exact) mass is 260 g/mol. The number of nitrogens with one attached hydrogen (secondary N) is 1. The Balaban J connectivity index is 0.00000144. The van der Waals surface area contributed by atoms with Gasteiger partial charge in [0.25, 0.3) is 0 Å². The molecular weight excluding hydrogens is 248 g/mol. The van der Waals surface area contributed by atoms with Gasteiger partial charge in [0, 0.05) is 12.1 Å². The Hall–Kier alpha value is -1.53. The molecule has 0 saturated carbocycles. The van der Waals surface area contributed by atoms with Crippen molar-refractivity contribution in [3.05, 3.63) is 27.8 Å². The lowest BCUT2D eigenvalue weighted by molar-refractivity contribution is -0.386. The number of phenolic OH excluding ortho intramolecular Hbond substituents is 1. The number of halogens is 1. The zero-order chi connectivity index (χ0) is 11.7. The van der Waals surface area contributed by atoms with Gasteiger partial charge in [-0.3, -0.25) is 10.1 Å². The summed E-state index contributed by atoms with van der Waals surface area (Å²) in [5.41, 5.74) is 0.454. The van der Waals surface area contributed by atoms with Crippen LogP contribution in [-0.4, -0.2) is 23.7 Å². The Labute approximate surface area is 104 Å². The van der Waals surface area contributed by atoms with Crippen molar-refractivity contribution in [3.8, 4) is 11.5 Å². The number of nitro benzene ring substituents is 1. The first-order chi connectivity index (χ1) is 7.63. The third-order valence-electron chi connectivity index (χ3n) is 2.72. The molecule has 94 valence electrons. The van der Waals surface area contributed by atoms with Crippen LogP contribution in [0.2, 0.25) is 0 Å². The molecule has 6 nitrogen and oxygen atoms in total. The van der Waals surface area contributed by atoms with Crippen LogP contribution in [0, 0.1) is 10.1 Å². The summed E-state index contributed by atoms with van der Waals surface area (Å²) in [7, 11) is 1.37. The van der Waals surface area contributed by atoms with Crippen LogP contribution in [0.3, 0.4) is 0 Å². The van der Waals surface area contributed by atoms with Gasteiger partial charge >= 0.3 is 5.69 Å². The Morgan fingerprint density at radius 2 is 2.24 bits per heavy atom. The summed E-state index contributed by atoms with van der Waals surface area (Å²) in [6.45, 7) is 0.904. The van der Waals surface area contributed by atoms with Crippen LogP contribution in [0.15, 0.2) is 12.1 Å². The van der Waals surface area contributed by atoms with E-state index in [2.05, 4.69) is 5.32 Å². The number of aromatic hydroxyl groups is 1. The van der Waals surface area contributed by atoms with Crippen LogP contribution in [0.4, 0.5) is 5.69 Å². The van der Waals surface area contributed by atoms with Crippen LogP contribution in [0.25, 0.3) is 0 Å². The third-order valence-corrected chi connectivity index (χ3v) is 2.72. The summed E-state index contributed by atoms with van der Waals surface area (Å²) in [5.74, 6) is -0.284. The summed E-state index contributed by atoms with van der Waals surface area (Å²) < 4.78 is 4.91. The SMILES string of the molecule is COc1cc([C@@H]2CCN2)cc([N+](=O)[O-])c1O.Cl. The number of hydrogen-bond acceptors (Lipinski definition) is 5. The number of methoxy groups -OCH3 is 1. The fraction of sp³-hybridized carbons (Fsp3) is 0.400. The Kier molecular flexibility index (Phi) is 4.14. The molecule has 0 unspecified atom stereocenters. The van der Waals surface area contributed by atoms with Gasteiger partial charge in [-0.25, -0.2) is 0 Å². The first-order valence-corrected chi connectivity index (χ1v) is 4.92. The van der Waals surface area contributed by atoms with E-state index in [1.807, 2.05) is 0 Å². The number of nitro groups is 1. The topological polar surface area (TPSA) is 84.6 Å². The Morgan fingerprint density at radius 3 is 2.65 bits per heavy atom. The number of hydrogen-bond donors (Lipinski definition) is 2. The summed E-state index contributed by atoms with van der Waals surface area (Å²) >= 11 is 0. The smallest absolute Gasteiger partial charge is 0.314 e. The molecule has 0 aliphatic carbocycles. The van der Waals surface area contributed by atoms with Crippen molar-refractivity contribution in [2.75, 3.05) is 13.7 Å². The molecule has 1 aromatic rings. The average Bonchev–Trinajstić information content (AvgIpc) is 2.17. The number of ether oxygens (including phenoxy) is 1. The predicted molar refractivity (Wildman–Crippen MR) is 63.9 cm³/mol. The molecule has 0 radical (unpaired) electrons. The molecule has 0 bridgehead atoms. The van der Waals surface area contributed by atoms with Crippen LogP contribution in [0.5, 0.6) is 11.5 Å².